The standard InChI is InChI=1S/C23H19N3O5/c1-14-3-6-16(7-4-14)13-25-22(27)20(24-23(25)28)12-18-9-10-21(31-18)19-11-17(26(29)30)8-5-15(19)2/h3-12H,13H2,1-2H3,(H,24,28)/b20-12+. The summed E-state index contributed by atoms with van der Waals surface area (Å²) in [6, 6.07) is 14.9. The minimum atomic E-state index is -0.502. The van der Waals surface area contributed by atoms with E-state index in [2.05, 4.69) is 5.32 Å². The molecule has 1 N–H and O–H groups in total. The van der Waals surface area contributed by atoms with E-state index in [1.165, 1.54) is 18.2 Å². The Morgan fingerprint density at radius 2 is 1.81 bits per heavy atom. The van der Waals surface area contributed by atoms with E-state index in [-0.39, 0.29) is 17.9 Å². The minimum absolute atomic E-state index is 0.0399. The number of aryl methyl sites for hydroxylation is 2. The van der Waals surface area contributed by atoms with Gasteiger partial charge in [0, 0.05) is 23.8 Å². The molecule has 0 radical (unpaired) electrons. The third-order valence-corrected chi connectivity index (χ3v) is 5.03. The molecule has 0 spiro atoms. The molecule has 156 valence electrons. The topological polar surface area (TPSA) is 106 Å². The van der Waals surface area contributed by atoms with E-state index < -0.39 is 16.9 Å². The summed E-state index contributed by atoms with van der Waals surface area (Å²) in [7, 11) is 0. The molecule has 2 aromatic carbocycles. The number of rotatable bonds is 5. The number of amides is 3. The first-order valence-electron chi connectivity index (χ1n) is 9.57. The van der Waals surface area contributed by atoms with Crippen LogP contribution in [0.15, 0.2) is 64.7 Å². The zero-order valence-electron chi connectivity index (χ0n) is 16.9. The number of nitro groups is 1. The summed E-state index contributed by atoms with van der Waals surface area (Å²) in [5, 5.41) is 13.6. The quantitative estimate of drug-likeness (QED) is 0.283. The van der Waals surface area contributed by atoms with Gasteiger partial charge in [-0.25, -0.2) is 4.79 Å². The van der Waals surface area contributed by atoms with E-state index in [1.807, 2.05) is 38.1 Å². The zero-order valence-corrected chi connectivity index (χ0v) is 16.9. The van der Waals surface area contributed by atoms with Crippen LogP contribution in [-0.2, 0) is 11.3 Å². The number of carbonyl (C=O) groups excluding carboxylic acids is 2. The number of imide groups is 1. The third kappa shape index (κ3) is 4.09. The van der Waals surface area contributed by atoms with Crippen LogP contribution in [0.3, 0.4) is 0 Å². The molecule has 31 heavy (non-hydrogen) atoms. The Kier molecular flexibility index (Phi) is 5.12. The summed E-state index contributed by atoms with van der Waals surface area (Å²) in [6.45, 7) is 3.95. The van der Waals surface area contributed by atoms with Gasteiger partial charge in [0.25, 0.3) is 11.6 Å². The molecule has 1 fully saturated rings. The van der Waals surface area contributed by atoms with Gasteiger partial charge in [0.2, 0.25) is 0 Å². The van der Waals surface area contributed by atoms with Gasteiger partial charge in [-0.1, -0.05) is 35.9 Å². The van der Waals surface area contributed by atoms with Crippen molar-refractivity contribution in [3.05, 3.63) is 92.9 Å². The van der Waals surface area contributed by atoms with Crippen molar-refractivity contribution in [1.82, 2.24) is 10.2 Å². The molecule has 1 saturated heterocycles. The molecule has 2 heterocycles. The lowest BCUT2D eigenvalue weighted by Crippen LogP contribution is -2.30. The lowest BCUT2D eigenvalue weighted by molar-refractivity contribution is -0.384. The number of nitrogens with zero attached hydrogens (tertiary/aromatic N) is 2. The Labute approximate surface area is 177 Å². The molecule has 0 aliphatic carbocycles. The van der Waals surface area contributed by atoms with Crippen molar-refractivity contribution in [2.24, 2.45) is 0 Å². The molecule has 1 aliphatic rings. The lowest BCUT2D eigenvalue weighted by Gasteiger charge is -2.11. The first-order chi connectivity index (χ1) is 14.8. The second-order valence-electron chi connectivity index (χ2n) is 7.32. The van der Waals surface area contributed by atoms with Crippen LogP contribution in [-0.4, -0.2) is 21.8 Å². The van der Waals surface area contributed by atoms with E-state index in [1.54, 1.807) is 18.2 Å². The minimum Gasteiger partial charge on any atom is -0.457 e. The molecule has 8 nitrogen and oxygen atoms in total. The summed E-state index contributed by atoms with van der Waals surface area (Å²) in [5.74, 6) is 0.332. The Morgan fingerprint density at radius 3 is 2.52 bits per heavy atom. The van der Waals surface area contributed by atoms with Crippen LogP contribution < -0.4 is 5.32 Å². The number of nitro benzene ring substituents is 1. The Balaban J connectivity index is 1.56. The van der Waals surface area contributed by atoms with Gasteiger partial charge in [-0.2, -0.15) is 0 Å². The monoisotopic (exact) mass is 417 g/mol. The van der Waals surface area contributed by atoms with Crippen LogP contribution in [0, 0.1) is 24.0 Å². The maximum atomic E-state index is 12.7. The van der Waals surface area contributed by atoms with Crippen LogP contribution in [0.25, 0.3) is 17.4 Å². The molecule has 0 bridgehead atoms. The highest BCUT2D eigenvalue weighted by Gasteiger charge is 2.33. The average Bonchev–Trinajstić information content (AvgIpc) is 3.30. The van der Waals surface area contributed by atoms with Gasteiger partial charge in [-0.15, -0.1) is 0 Å². The van der Waals surface area contributed by atoms with Crippen molar-refractivity contribution < 1.29 is 18.9 Å². The largest absolute Gasteiger partial charge is 0.457 e. The van der Waals surface area contributed by atoms with Gasteiger partial charge in [0.15, 0.2) is 0 Å². The molecule has 0 saturated carbocycles. The zero-order chi connectivity index (χ0) is 22.1. The number of urea groups is 1. The fraction of sp³-hybridized carbons (Fsp3) is 0.130. The number of furan rings is 1. The molecular weight excluding hydrogens is 398 g/mol. The number of nitrogens with one attached hydrogen (secondary N) is 1. The van der Waals surface area contributed by atoms with Gasteiger partial charge >= 0.3 is 6.03 Å². The van der Waals surface area contributed by atoms with E-state index in [9.17, 15) is 19.7 Å². The van der Waals surface area contributed by atoms with Crippen LogP contribution in [0.5, 0.6) is 0 Å². The van der Waals surface area contributed by atoms with Gasteiger partial charge in [-0.3, -0.25) is 19.8 Å². The van der Waals surface area contributed by atoms with Crippen molar-refractivity contribution in [1.29, 1.82) is 0 Å². The van der Waals surface area contributed by atoms with Crippen molar-refractivity contribution >= 4 is 23.7 Å². The number of carbonyl (C=O) groups is 2. The van der Waals surface area contributed by atoms with Crippen LogP contribution in [0.4, 0.5) is 10.5 Å². The SMILES string of the molecule is Cc1ccc(CN2C(=O)N/C(=C/c3ccc(-c4cc([N+](=O)[O-])ccc4C)o3)C2=O)cc1. The maximum absolute atomic E-state index is 12.7. The average molecular weight is 417 g/mol. The van der Waals surface area contributed by atoms with Crippen molar-refractivity contribution in [3.8, 4) is 11.3 Å². The van der Waals surface area contributed by atoms with Gasteiger partial charge in [0.1, 0.15) is 17.2 Å². The number of benzene rings is 2. The Bertz CT molecular complexity index is 1220. The molecule has 4 rings (SSSR count). The van der Waals surface area contributed by atoms with Crippen molar-refractivity contribution in [2.75, 3.05) is 0 Å². The van der Waals surface area contributed by atoms with Crippen LogP contribution in [0.1, 0.15) is 22.5 Å². The van der Waals surface area contributed by atoms with Crippen LogP contribution >= 0.6 is 0 Å². The molecule has 1 aliphatic heterocycles. The van der Waals surface area contributed by atoms with E-state index >= 15 is 0 Å². The highest BCUT2D eigenvalue weighted by molar-refractivity contribution is 6.13. The summed E-state index contributed by atoms with van der Waals surface area (Å²) >= 11 is 0. The fourth-order valence-electron chi connectivity index (χ4n) is 3.30. The molecule has 1 aromatic heterocycles. The van der Waals surface area contributed by atoms with E-state index in [4.69, 9.17) is 4.42 Å². The summed E-state index contributed by atoms with van der Waals surface area (Å²) in [5.41, 5.74) is 3.40. The first kappa shape index (κ1) is 20.1. The second kappa shape index (κ2) is 7.91. The van der Waals surface area contributed by atoms with Gasteiger partial charge in [0.05, 0.1) is 11.5 Å². The highest BCUT2D eigenvalue weighted by atomic mass is 16.6. The van der Waals surface area contributed by atoms with Crippen molar-refractivity contribution in [3.63, 3.8) is 0 Å². The number of hydrogen-bond acceptors (Lipinski definition) is 5. The van der Waals surface area contributed by atoms with E-state index in [0.717, 1.165) is 21.6 Å². The smallest absolute Gasteiger partial charge is 0.329 e. The predicted molar refractivity (Wildman–Crippen MR) is 114 cm³/mol. The highest BCUT2D eigenvalue weighted by Crippen LogP contribution is 2.30. The molecule has 0 unspecified atom stereocenters. The molecule has 0 atom stereocenters. The van der Waals surface area contributed by atoms with Gasteiger partial charge < -0.3 is 9.73 Å². The third-order valence-electron chi connectivity index (χ3n) is 5.03. The van der Waals surface area contributed by atoms with Gasteiger partial charge in [-0.05, 0) is 37.1 Å². The Hall–Kier alpha value is -4.20. The second-order valence-corrected chi connectivity index (χ2v) is 7.32. The normalized spacial score (nSPS) is 14.9. The summed E-state index contributed by atoms with van der Waals surface area (Å²) < 4.78 is 5.78. The number of hydrogen-bond donors (Lipinski definition) is 1. The summed E-state index contributed by atoms with van der Waals surface area (Å²) in [6.07, 6.45) is 1.45. The summed E-state index contributed by atoms with van der Waals surface area (Å²) in [4.78, 5) is 36.7. The van der Waals surface area contributed by atoms with Crippen molar-refractivity contribution in [2.45, 2.75) is 20.4 Å². The molecule has 3 amide bonds. The van der Waals surface area contributed by atoms with Crippen LogP contribution in [0.2, 0.25) is 0 Å². The van der Waals surface area contributed by atoms with E-state index in [0.29, 0.717) is 17.1 Å². The predicted octanol–water partition coefficient (Wildman–Crippen LogP) is 4.56. The fourth-order valence-corrected chi connectivity index (χ4v) is 3.30. The molecule has 3 aromatic rings. The molecule has 8 heteroatoms. The molecular formula is C23H19N3O5. The first-order valence-corrected chi connectivity index (χ1v) is 9.57. The number of non-ortho nitro benzene ring substituents is 1. The lowest BCUT2D eigenvalue weighted by atomic mass is 10.1. The Morgan fingerprint density at radius 1 is 1.06 bits per heavy atom. The maximum Gasteiger partial charge on any atom is 0.329 e.